The van der Waals surface area contributed by atoms with Gasteiger partial charge in [-0.3, -0.25) is 9.59 Å². The highest BCUT2D eigenvalue weighted by molar-refractivity contribution is 6.16. The zero-order valence-electron chi connectivity index (χ0n) is 15.0. The van der Waals surface area contributed by atoms with Crippen LogP contribution >= 0.6 is 0 Å². The van der Waals surface area contributed by atoms with Crippen LogP contribution in [-0.2, 0) is 0 Å². The Morgan fingerprint density at radius 3 is 1.31 bits per heavy atom. The number of hydrogen-bond acceptors (Lipinski definition) is 3. The van der Waals surface area contributed by atoms with Gasteiger partial charge in [0.25, 0.3) is 0 Å². The molecule has 26 heavy (non-hydrogen) atoms. The van der Waals surface area contributed by atoms with Crippen LogP contribution in [0.15, 0.2) is 60.7 Å². The number of aryl methyl sites for hydroxylation is 3. The minimum Gasteiger partial charge on any atom is -0.506 e. The minimum absolute atomic E-state index is 0.143. The molecule has 0 aliphatic carbocycles. The molecule has 0 aromatic heterocycles. The van der Waals surface area contributed by atoms with E-state index < -0.39 is 0 Å². The van der Waals surface area contributed by atoms with Crippen molar-refractivity contribution in [3.05, 3.63) is 99.6 Å². The predicted molar refractivity (Wildman–Crippen MR) is 102 cm³/mol. The van der Waals surface area contributed by atoms with Crippen LogP contribution in [0.4, 0.5) is 0 Å². The Morgan fingerprint density at radius 2 is 0.962 bits per heavy atom. The van der Waals surface area contributed by atoms with E-state index in [0.29, 0.717) is 11.1 Å². The molecular formula is C23H20O3. The first-order chi connectivity index (χ1) is 12.4. The van der Waals surface area contributed by atoms with E-state index in [9.17, 15) is 14.7 Å². The van der Waals surface area contributed by atoms with Crippen LogP contribution in [0.1, 0.15) is 48.5 Å². The van der Waals surface area contributed by atoms with Crippen LogP contribution < -0.4 is 0 Å². The Hall–Kier alpha value is -3.20. The molecule has 0 heterocycles. The quantitative estimate of drug-likeness (QED) is 0.693. The van der Waals surface area contributed by atoms with Gasteiger partial charge in [-0.05, 0) is 38.5 Å². The predicted octanol–water partition coefficient (Wildman–Crippen LogP) is 4.78. The van der Waals surface area contributed by atoms with Gasteiger partial charge in [-0.1, -0.05) is 59.7 Å². The van der Waals surface area contributed by atoms with Crippen LogP contribution in [0, 0.1) is 20.8 Å². The molecule has 0 atom stereocenters. The lowest BCUT2D eigenvalue weighted by atomic mass is 9.93. The summed E-state index contributed by atoms with van der Waals surface area (Å²) in [5.74, 6) is -0.875. The van der Waals surface area contributed by atoms with Crippen molar-refractivity contribution in [2.45, 2.75) is 20.8 Å². The fourth-order valence-corrected chi connectivity index (χ4v) is 2.85. The molecule has 0 radical (unpaired) electrons. The molecule has 3 aromatic rings. The van der Waals surface area contributed by atoms with E-state index in [0.717, 1.165) is 16.7 Å². The summed E-state index contributed by atoms with van der Waals surface area (Å²) >= 11 is 0. The average Bonchev–Trinajstić information content (AvgIpc) is 2.63. The van der Waals surface area contributed by atoms with E-state index in [1.165, 1.54) is 0 Å². The molecule has 3 heteroatoms. The number of aromatic hydroxyl groups is 1. The fourth-order valence-electron chi connectivity index (χ4n) is 2.85. The van der Waals surface area contributed by atoms with E-state index in [-0.39, 0.29) is 28.4 Å². The van der Waals surface area contributed by atoms with Gasteiger partial charge in [-0.25, -0.2) is 0 Å². The lowest BCUT2D eigenvalue weighted by Crippen LogP contribution is -2.08. The number of phenolic OH excluding ortho intramolecular Hbond substituents is 1. The van der Waals surface area contributed by atoms with Crippen LogP contribution in [0.5, 0.6) is 5.75 Å². The van der Waals surface area contributed by atoms with Crippen molar-refractivity contribution in [1.29, 1.82) is 0 Å². The molecule has 0 saturated heterocycles. The van der Waals surface area contributed by atoms with Gasteiger partial charge < -0.3 is 5.11 Å². The second kappa shape index (κ2) is 6.96. The van der Waals surface area contributed by atoms with Crippen molar-refractivity contribution >= 4 is 11.6 Å². The second-order valence-electron chi connectivity index (χ2n) is 6.60. The van der Waals surface area contributed by atoms with Crippen molar-refractivity contribution in [2.75, 3.05) is 0 Å². The third-order valence-corrected chi connectivity index (χ3v) is 4.37. The second-order valence-corrected chi connectivity index (χ2v) is 6.60. The molecule has 0 saturated carbocycles. The number of phenols is 1. The maximum atomic E-state index is 12.8. The topological polar surface area (TPSA) is 54.4 Å². The largest absolute Gasteiger partial charge is 0.506 e. The van der Waals surface area contributed by atoms with Crippen LogP contribution in [0.3, 0.4) is 0 Å². The van der Waals surface area contributed by atoms with Gasteiger partial charge in [0, 0.05) is 11.1 Å². The Bertz CT molecular complexity index is 902. The summed E-state index contributed by atoms with van der Waals surface area (Å²) in [7, 11) is 0. The summed E-state index contributed by atoms with van der Waals surface area (Å²) in [6.07, 6.45) is 0. The van der Waals surface area contributed by atoms with E-state index >= 15 is 0 Å². The number of rotatable bonds is 4. The normalized spacial score (nSPS) is 10.6. The first-order valence-corrected chi connectivity index (χ1v) is 8.43. The molecule has 130 valence electrons. The van der Waals surface area contributed by atoms with Crippen molar-refractivity contribution in [3.8, 4) is 5.75 Å². The Labute approximate surface area is 152 Å². The van der Waals surface area contributed by atoms with Crippen LogP contribution in [0.25, 0.3) is 0 Å². The van der Waals surface area contributed by atoms with Crippen molar-refractivity contribution in [1.82, 2.24) is 0 Å². The lowest BCUT2D eigenvalue weighted by Gasteiger charge is -2.11. The van der Waals surface area contributed by atoms with Crippen molar-refractivity contribution < 1.29 is 14.7 Å². The van der Waals surface area contributed by atoms with Crippen molar-refractivity contribution in [2.24, 2.45) is 0 Å². The lowest BCUT2D eigenvalue weighted by molar-refractivity contribution is 0.103. The zero-order valence-corrected chi connectivity index (χ0v) is 15.0. The molecule has 3 aromatic carbocycles. The van der Waals surface area contributed by atoms with E-state index in [1.54, 1.807) is 43.3 Å². The van der Waals surface area contributed by atoms with Gasteiger partial charge in [0.15, 0.2) is 11.6 Å². The molecule has 0 unspecified atom stereocenters. The maximum Gasteiger partial charge on any atom is 0.196 e. The highest BCUT2D eigenvalue weighted by atomic mass is 16.3. The summed E-state index contributed by atoms with van der Waals surface area (Å²) in [6.45, 7) is 5.69. The molecule has 0 spiro atoms. The molecule has 0 bridgehead atoms. The van der Waals surface area contributed by atoms with E-state index in [2.05, 4.69) is 0 Å². The van der Waals surface area contributed by atoms with Gasteiger partial charge >= 0.3 is 0 Å². The molecule has 1 N–H and O–H groups in total. The molecule has 3 nitrogen and oxygen atoms in total. The molecule has 0 aliphatic heterocycles. The summed E-state index contributed by atoms with van der Waals surface area (Å²) in [4.78, 5) is 25.6. The van der Waals surface area contributed by atoms with E-state index in [1.807, 2.05) is 38.1 Å². The fraction of sp³-hybridized carbons (Fsp3) is 0.130. The number of ketones is 2. The number of carbonyl (C=O) groups excluding carboxylic acids is 2. The molecule has 0 amide bonds. The molecule has 0 aliphatic rings. The minimum atomic E-state index is -0.302. The van der Waals surface area contributed by atoms with Gasteiger partial charge in [-0.2, -0.15) is 0 Å². The van der Waals surface area contributed by atoms with Crippen LogP contribution in [-0.4, -0.2) is 16.7 Å². The highest BCUT2D eigenvalue weighted by Crippen LogP contribution is 2.29. The molecule has 3 rings (SSSR count). The Balaban J connectivity index is 2.06. The summed E-state index contributed by atoms with van der Waals surface area (Å²) in [6, 6.07) is 17.5. The number of hydrogen-bond donors (Lipinski definition) is 1. The first kappa shape index (κ1) is 17.6. The van der Waals surface area contributed by atoms with Gasteiger partial charge in [0.05, 0.1) is 11.1 Å². The molecule has 0 fully saturated rings. The Kier molecular flexibility index (Phi) is 4.72. The van der Waals surface area contributed by atoms with Gasteiger partial charge in [0.2, 0.25) is 0 Å². The summed E-state index contributed by atoms with van der Waals surface area (Å²) < 4.78 is 0. The summed E-state index contributed by atoms with van der Waals surface area (Å²) in [5.41, 5.74) is 4.08. The number of carbonyl (C=O) groups is 2. The highest BCUT2D eigenvalue weighted by Gasteiger charge is 2.21. The average molecular weight is 344 g/mol. The van der Waals surface area contributed by atoms with Gasteiger partial charge in [-0.15, -0.1) is 0 Å². The Morgan fingerprint density at radius 1 is 0.615 bits per heavy atom. The summed E-state index contributed by atoms with van der Waals surface area (Å²) in [5, 5.41) is 10.6. The zero-order chi connectivity index (χ0) is 18.8. The third kappa shape index (κ3) is 3.42. The maximum absolute atomic E-state index is 12.8. The SMILES string of the molecule is Cc1ccc(C(=O)c2cc(C)cc(C(=O)c3ccc(C)cc3)c2O)cc1. The smallest absolute Gasteiger partial charge is 0.196 e. The number of benzene rings is 3. The van der Waals surface area contributed by atoms with Crippen molar-refractivity contribution in [3.63, 3.8) is 0 Å². The van der Waals surface area contributed by atoms with Gasteiger partial charge in [0.1, 0.15) is 5.75 Å². The standard InChI is InChI=1S/C23H20O3/c1-14-4-8-17(9-5-14)21(24)19-12-16(3)13-20(23(19)26)22(25)18-10-6-15(2)7-11-18/h4-13,26H,1-3H3. The van der Waals surface area contributed by atoms with E-state index in [4.69, 9.17) is 0 Å². The van der Waals surface area contributed by atoms with Crippen LogP contribution in [0.2, 0.25) is 0 Å². The monoisotopic (exact) mass is 344 g/mol. The third-order valence-electron chi connectivity index (χ3n) is 4.37. The molecular weight excluding hydrogens is 324 g/mol. The first-order valence-electron chi connectivity index (χ1n) is 8.43.